The summed E-state index contributed by atoms with van der Waals surface area (Å²) in [5, 5.41) is 2.68. The van der Waals surface area contributed by atoms with E-state index >= 15 is 0 Å². The summed E-state index contributed by atoms with van der Waals surface area (Å²) in [6.07, 6.45) is 1.78. The number of carbonyl (C=O) groups excluding carboxylic acids is 1. The summed E-state index contributed by atoms with van der Waals surface area (Å²) in [4.78, 5) is 12.0. The van der Waals surface area contributed by atoms with Gasteiger partial charge in [0, 0.05) is 5.69 Å². The maximum absolute atomic E-state index is 12.3. The van der Waals surface area contributed by atoms with E-state index in [1.54, 1.807) is 38.1 Å². The fourth-order valence-electron chi connectivity index (χ4n) is 1.87. The molecule has 0 fully saturated rings. The van der Waals surface area contributed by atoms with Crippen molar-refractivity contribution in [3.8, 4) is 5.75 Å². The lowest BCUT2D eigenvalue weighted by Gasteiger charge is -2.16. The van der Waals surface area contributed by atoms with Gasteiger partial charge in [-0.05, 0) is 44.5 Å². The van der Waals surface area contributed by atoms with Gasteiger partial charge in [-0.25, -0.2) is 0 Å². The first-order chi connectivity index (χ1) is 11.0. The zero-order valence-electron chi connectivity index (χ0n) is 14.0. The Hall–Kier alpha value is -1.36. The predicted molar refractivity (Wildman–Crippen MR) is 91.2 cm³/mol. The van der Waals surface area contributed by atoms with Gasteiger partial charge in [-0.15, -0.1) is 0 Å². The van der Waals surface area contributed by atoms with Crippen LogP contribution >= 0.6 is 7.60 Å². The number of hydrogen-bond acceptors (Lipinski definition) is 5. The van der Waals surface area contributed by atoms with Crippen molar-refractivity contribution in [2.24, 2.45) is 0 Å². The van der Waals surface area contributed by atoms with Crippen LogP contribution in [0.5, 0.6) is 5.75 Å². The molecule has 0 saturated carbocycles. The Kier molecular flexibility index (Phi) is 8.92. The maximum atomic E-state index is 12.3. The molecule has 0 aliphatic rings. The number of anilines is 1. The molecule has 0 spiro atoms. The highest BCUT2D eigenvalue weighted by atomic mass is 31.2. The van der Waals surface area contributed by atoms with E-state index in [1.807, 2.05) is 0 Å². The molecule has 1 aromatic carbocycles. The molecule has 0 bridgehead atoms. The minimum atomic E-state index is -3.38. The zero-order chi connectivity index (χ0) is 17.1. The molecule has 1 aromatic rings. The van der Waals surface area contributed by atoms with Crippen molar-refractivity contribution in [2.45, 2.75) is 33.6 Å². The van der Waals surface area contributed by atoms with Gasteiger partial charge in [0.1, 0.15) is 11.9 Å². The molecule has 0 radical (unpaired) electrons. The molecule has 0 atom stereocenters. The molecular weight excluding hydrogens is 317 g/mol. The van der Waals surface area contributed by atoms with Gasteiger partial charge in [0.05, 0.1) is 19.8 Å². The van der Waals surface area contributed by atoms with Gasteiger partial charge in [-0.3, -0.25) is 9.36 Å². The molecule has 7 heteroatoms. The smallest absolute Gasteiger partial charge is 0.340 e. The number of unbranched alkanes of at least 4 members (excludes halogenated alkanes) is 1. The van der Waals surface area contributed by atoms with Crippen LogP contribution in [0.3, 0.4) is 0 Å². The highest BCUT2D eigenvalue weighted by Crippen LogP contribution is 2.47. The average molecular weight is 343 g/mol. The largest absolute Gasteiger partial charge is 0.494 e. The number of rotatable bonds is 11. The quantitative estimate of drug-likeness (QED) is 0.484. The van der Waals surface area contributed by atoms with Crippen LogP contribution in [0.1, 0.15) is 33.6 Å². The minimum absolute atomic E-state index is 0.231. The van der Waals surface area contributed by atoms with Crippen LogP contribution in [-0.4, -0.2) is 31.9 Å². The second-order valence-corrected chi connectivity index (χ2v) is 6.93. The van der Waals surface area contributed by atoms with Gasteiger partial charge in [0.25, 0.3) is 0 Å². The van der Waals surface area contributed by atoms with Gasteiger partial charge in [0.2, 0.25) is 5.91 Å². The van der Waals surface area contributed by atoms with E-state index in [9.17, 15) is 9.36 Å². The number of ether oxygens (including phenoxy) is 1. The molecule has 0 aromatic heterocycles. The Morgan fingerprint density at radius 1 is 1.09 bits per heavy atom. The standard InChI is InChI=1S/C16H26NO5P/c1-4-7-12-20-15-10-8-14(9-11-15)17-16(18)13-23(19,21-5-2)22-6-3/h8-11H,4-7,12-13H2,1-3H3,(H,17,18). The fraction of sp³-hybridized carbons (Fsp3) is 0.562. The second-order valence-electron chi connectivity index (χ2n) is 4.88. The Bertz CT molecular complexity index is 508. The third-order valence-electron chi connectivity index (χ3n) is 2.89. The lowest BCUT2D eigenvalue weighted by molar-refractivity contribution is -0.114. The third-order valence-corrected chi connectivity index (χ3v) is 4.87. The van der Waals surface area contributed by atoms with Crippen molar-refractivity contribution in [2.75, 3.05) is 31.3 Å². The summed E-state index contributed by atoms with van der Waals surface area (Å²) in [7, 11) is -3.38. The van der Waals surface area contributed by atoms with E-state index < -0.39 is 13.5 Å². The Balaban J connectivity index is 2.54. The predicted octanol–water partition coefficient (Wildman–Crippen LogP) is 4.07. The summed E-state index contributed by atoms with van der Waals surface area (Å²) in [5.74, 6) is 0.348. The zero-order valence-corrected chi connectivity index (χ0v) is 14.9. The van der Waals surface area contributed by atoms with Crippen molar-refractivity contribution >= 4 is 19.2 Å². The Morgan fingerprint density at radius 2 is 1.70 bits per heavy atom. The number of amides is 1. The van der Waals surface area contributed by atoms with E-state index in [4.69, 9.17) is 13.8 Å². The monoisotopic (exact) mass is 343 g/mol. The fourth-order valence-corrected chi connectivity index (χ4v) is 3.34. The number of nitrogens with one attached hydrogen (secondary N) is 1. The highest BCUT2D eigenvalue weighted by molar-refractivity contribution is 7.54. The van der Waals surface area contributed by atoms with Crippen molar-refractivity contribution in [1.29, 1.82) is 0 Å². The van der Waals surface area contributed by atoms with E-state index in [0.29, 0.717) is 12.3 Å². The minimum Gasteiger partial charge on any atom is -0.494 e. The van der Waals surface area contributed by atoms with Crippen LogP contribution in [0.4, 0.5) is 5.69 Å². The van der Waals surface area contributed by atoms with Crippen molar-refractivity contribution < 1.29 is 23.1 Å². The first-order valence-corrected chi connectivity index (χ1v) is 9.66. The van der Waals surface area contributed by atoms with Crippen LogP contribution in [0.2, 0.25) is 0 Å². The maximum Gasteiger partial charge on any atom is 0.340 e. The molecule has 1 N–H and O–H groups in total. The van der Waals surface area contributed by atoms with Gasteiger partial charge in [-0.2, -0.15) is 0 Å². The molecule has 6 nitrogen and oxygen atoms in total. The molecular formula is C16H26NO5P. The first-order valence-electron chi connectivity index (χ1n) is 7.93. The second kappa shape index (κ2) is 10.4. The third kappa shape index (κ3) is 7.64. The van der Waals surface area contributed by atoms with Gasteiger partial charge >= 0.3 is 7.60 Å². The van der Waals surface area contributed by atoms with E-state index in [-0.39, 0.29) is 19.4 Å². The molecule has 0 saturated heterocycles. The lowest BCUT2D eigenvalue weighted by atomic mass is 10.3. The average Bonchev–Trinajstić information content (AvgIpc) is 2.49. The molecule has 0 heterocycles. The molecule has 0 unspecified atom stereocenters. The number of hydrogen-bond donors (Lipinski definition) is 1. The summed E-state index contributed by atoms with van der Waals surface area (Å²) < 4.78 is 28.1. The Morgan fingerprint density at radius 3 is 2.22 bits per heavy atom. The SMILES string of the molecule is CCCCOc1ccc(NC(=O)CP(=O)(OCC)OCC)cc1. The molecule has 0 aliphatic carbocycles. The van der Waals surface area contributed by atoms with E-state index in [2.05, 4.69) is 12.2 Å². The first kappa shape index (κ1) is 19.7. The van der Waals surface area contributed by atoms with Gasteiger partial charge in [-0.1, -0.05) is 13.3 Å². The molecule has 1 amide bonds. The van der Waals surface area contributed by atoms with Crippen molar-refractivity contribution in [1.82, 2.24) is 0 Å². The van der Waals surface area contributed by atoms with Crippen LogP contribution in [-0.2, 0) is 18.4 Å². The van der Waals surface area contributed by atoms with Crippen LogP contribution in [0.25, 0.3) is 0 Å². The Labute approximate surface area is 138 Å². The molecule has 1 rings (SSSR count). The number of carbonyl (C=O) groups is 1. The summed E-state index contributed by atoms with van der Waals surface area (Å²) in [6, 6.07) is 7.06. The van der Waals surface area contributed by atoms with Crippen LogP contribution < -0.4 is 10.1 Å². The van der Waals surface area contributed by atoms with Crippen molar-refractivity contribution in [3.05, 3.63) is 24.3 Å². The highest BCUT2D eigenvalue weighted by Gasteiger charge is 2.27. The van der Waals surface area contributed by atoms with E-state index in [0.717, 1.165) is 18.6 Å². The van der Waals surface area contributed by atoms with E-state index in [1.165, 1.54) is 0 Å². The number of benzene rings is 1. The van der Waals surface area contributed by atoms with Crippen LogP contribution in [0.15, 0.2) is 24.3 Å². The summed E-state index contributed by atoms with van der Waals surface area (Å²) in [5.41, 5.74) is 0.609. The summed E-state index contributed by atoms with van der Waals surface area (Å²) in [6.45, 7) is 6.66. The van der Waals surface area contributed by atoms with Gasteiger partial charge < -0.3 is 19.1 Å². The molecule has 0 aliphatic heterocycles. The molecule has 23 heavy (non-hydrogen) atoms. The van der Waals surface area contributed by atoms with Crippen molar-refractivity contribution in [3.63, 3.8) is 0 Å². The normalized spacial score (nSPS) is 11.3. The molecule has 130 valence electrons. The summed E-state index contributed by atoms with van der Waals surface area (Å²) >= 11 is 0. The topological polar surface area (TPSA) is 73.9 Å². The van der Waals surface area contributed by atoms with Crippen LogP contribution in [0, 0.1) is 0 Å². The van der Waals surface area contributed by atoms with Gasteiger partial charge in [0.15, 0.2) is 0 Å². The lowest BCUT2D eigenvalue weighted by Crippen LogP contribution is -2.18.